The molecule has 0 radical (unpaired) electrons. The fourth-order valence-electron chi connectivity index (χ4n) is 2.84. The van der Waals surface area contributed by atoms with Gasteiger partial charge in [0, 0.05) is 5.92 Å². The van der Waals surface area contributed by atoms with E-state index in [1.807, 2.05) is 0 Å². The van der Waals surface area contributed by atoms with Gasteiger partial charge in [0.15, 0.2) is 0 Å². The van der Waals surface area contributed by atoms with Crippen LogP contribution < -0.4 is 11.1 Å². The Morgan fingerprint density at radius 2 is 1.52 bits per heavy atom. The van der Waals surface area contributed by atoms with E-state index in [9.17, 15) is 14.4 Å². The summed E-state index contributed by atoms with van der Waals surface area (Å²) in [5.74, 6) is 0.651. The summed E-state index contributed by atoms with van der Waals surface area (Å²) in [5.41, 5.74) is 4.81. The molecule has 0 aliphatic heterocycles. The zero-order valence-corrected chi connectivity index (χ0v) is 15.6. The van der Waals surface area contributed by atoms with E-state index < -0.39 is 0 Å². The average molecular weight is 358 g/mol. The van der Waals surface area contributed by atoms with Crippen LogP contribution in [0, 0.1) is 11.8 Å². The van der Waals surface area contributed by atoms with Crippen molar-refractivity contribution in [2.45, 2.75) is 51.4 Å². The van der Waals surface area contributed by atoms with Gasteiger partial charge in [-0.25, -0.2) is 0 Å². The number of hydrogen-bond acceptors (Lipinski definition) is 7. The van der Waals surface area contributed by atoms with Gasteiger partial charge in [-0.2, -0.15) is 0 Å². The number of aldehydes is 1. The third-order valence-corrected chi connectivity index (χ3v) is 4.39. The average Bonchev–Trinajstić information content (AvgIpc) is 3.35. The molecule has 2 aliphatic rings. The van der Waals surface area contributed by atoms with E-state index >= 15 is 0 Å². The summed E-state index contributed by atoms with van der Waals surface area (Å²) in [6.07, 6.45) is 11.2. The molecule has 7 nitrogen and oxygen atoms in total. The molecule has 25 heavy (non-hydrogen) atoms. The minimum absolute atomic E-state index is 0.0312. The third kappa shape index (κ3) is 13.5. The zero-order chi connectivity index (χ0) is 18.9. The Morgan fingerprint density at radius 3 is 1.88 bits per heavy atom. The van der Waals surface area contributed by atoms with Crippen LogP contribution in [-0.2, 0) is 23.9 Å². The first-order valence-corrected chi connectivity index (χ1v) is 9.07. The molecule has 0 heterocycles. The van der Waals surface area contributed by atoms with Crippen LogP contribution in [0.1, 0.15) is 51.4 Å². The largest absolute Gasteiger partial charge is 0.468 e. The van der Waals surface area contributed by atoms with Gasteiger partial charge < -0.3 is 25.3 Å². The number of carbonyl (C=O) groups is 3. The third-order valence-electron chi connectivity index (χ3n) is 4.39. The summed E-state index contributed by atoms with van der Waals surface area (Å²) >= 11 is 0. The Bertz CT molecular complexity index is 358. The first-order valence-electron chi connectivity index (χ1n) is 9.07. The summed E-state index contributed by atoms with van der Waals surface area (Å²) in [6, 6.07) is 0. The van der Waals surface area contributed by atoms with Gasteiger partial charge in [-0.05, 0) is 38.1 Å². The van der Waals surface area contributed by atoms with Crippen LogP contribution in [0.2, 0.25) is 0 Å². The van der Waals surface area contributed by atoms with Gasteiger partial charge in [0.05, 0.1) is 27.3 Å². The predicted molar refractivity (Wildman–Crippen MR) is 95.9 cm³/mol. The molecule has 0 aromatic carbocycles. The SMILES string of the molecule is COC(=O)CN.COC(=O)CNCC1CCCC1.O=CC1CCCC1. The van der Waals surface area contributed by atoms with Crippen LogP contribution in [0.4, 0.5) is 0 Å². The van der Waals surface area contributed by atoms with E-state index in [1.165, 1.54) is 52.7 Å². The Morgan fingerprint density at radius 1 is 1.00 bits per heavy atom. The van der Waals surface area contributed by atoms with E-state index in [4.69, 9.17) is 5.73 Å². The smallest absolute Gasteiger partial charge is 0.319 e. The quantitative estimate of drug-likeness (QED) is 0.546. The highest BCUT2D eigenvalue weighted by Gasteiger charge is 2.14. The number of hydrogen-bond donors (Lipinski definition) is 2. The molecule has 3 N–H and O–H groups in total. The van der Waals surface area contributed by atoms with Crippen molar-refractivity contribution in [1.82, 2.24) is 5.32 Å². The van der Waals surface area contributed by atoms with Crippen molar-refractivity contribution < 1.29 is 23.9 Å². The molecule has 0 unspecified atom stereocenters. The second-order valence-corrected chi connectivity index (χ2v) is 6.32. The van der Waals surface area contributed by atoms with E-state index in [1.54, 1.807) is 0 Å². The summed E-state index contributed by atoms with van der Waals surface area (Å²) < 4.78 is 8.65. The fraction of sp³-hybridized carbons (Fsp3) is 0.833. The normalized spacial score (nSPS) is 16.9. The summed E-state index contributed by atoms with van der Waals surface area (Å²) in [4.78, 5) is 30.5. The van der Waals surface area contributed by atoms with Gasteiger partial charge in [-0.15, -0.1) is 0 Å². The van der Waals surface area contributed by atoms with Crippen LogP contribution in [-0.4, -0.2) is 52.1 Å². The van der Waals surface area contributed by atoms with Crippen molar-refractivity contribution >= 4 is 18.2 Å². The highest BCUT2D eigenvalue weighted by atomic mass is 16.5. The summed E-state index contributed by atoms with van der Waals surface area (Å²) in [5, 5.41) is 3.10. The maximum Gasteiger partial charge on any atom is 0.319 e. The number of methoxy groups -OCH3 is 2. The van der Waals surface area contributed by atoms with E-state index in [0.29, 0.717) is 12.5 Å². The molecule has 2 fully saturated rings. The second-order valence-electron chi connectivity index (χ2n) is 6.32. The summed E-state index contributed by atoms with van der Waals surface area (Å²) in [7, 11) is 2.72. The maximum atomic E-state index is 10.7. The minimum atomic E-state index is -0.380. The highest BCUT2D eigenvalue weighted by Crippen LogP contribution is 2.23. The van der Waals surface area contributed by atoms with Crippen molar-refractivity contribution in [3.8, 4) is 0 Å². The molecular weight excluding hydrogens is 324 g/mol. The first-order chi connectivity index (χ1) is 12.1. The predicted octanol–water partition coefficient (Wildman–Crippen LogP) is 1.43. The Kier molecular flexibility index (Phi) is 15.1. The van der Waals surface area contributed by atoms with Crippen molar-refractivity contribution in [2.75, 3.05) is 33.9 Å². The lowest BCUT2D eigenvalue weighted by molar-refractivity contribution is -0.140. The first kappa shape index (κ1) is 23.5. The molecule has 0 aromatic rings. The van der Waals surface area contributed by atoms with Gasteiger partial charge in [0.1, 0.15) is 6.29 Å². The monoisotopic (exact) mass is 358 g/mol. The molecule has 0 bridgehead atoms. The summed E-state index contributed by atoms with van der Waals surface area (Å²) in [6.45, 7) is 1.29. The maximum absolute atomic E-state index is 10.7. The molecule has 0 saturated heterocycles. The number of rotatable bonds is 6. The molecule has 146 valence electrons. The molecule has 7 heteroatoms. The van der Waals surface area contributed by atoms with Crippen molar-refractivity contribution in [2.24, 2.45) is 17.6 Å². The van der Waals surface area contributed by atoms with E-state index in [2.05, 4.69) is 14.8 Å². The molecule has 0 amide bonds. The molecule has 0 aromatic heterocycles. The number of ether oxygens (including phenoxy) is 2. The Balaban J connectivity index is 0.000000378. The molecule has 0 atom stereocenters. The zero-order valence-electron chi connectivity index (χ0n) is 15.6. The number of nitrogens with two attached hydrogens (primary N) is 1. The number of nitrogens with one attached hydrogen (secondary N) is 1. The topological polar surface area (TPSA) is 108 Å². The van der Waals surface area contributed by atoms with Crippen LogP contribution >= 0.6 is 0 Å². The van der Waals surface area contributed by atoms with Gasteiger partial charge >= 0.3 is 11.9 Å². The standard InChI is InChI=1S/C9H17NO2.C6H10O.C3H7NO2/c1-12-9(11)7-10-6-8-4-2-3-5-8;7-5-6-3-1-2-4-6;1-6-3(5)2-4/h8,10H,2-7H2,1H3;5-6H,1-4H2;2,4H2,1H3. The van der Waals surface area contributed by atoms with Crippen molar-refractivity contribution in [3.63, 3.8) is 0 Å². The van der Waals surface area contributed by atoms with E-state index in [0.717, 1.165) is 31.6 Å². The Labute approximate surface area is 151 Å². The van der Waals surface area contributed by atoms with Gasteiger partial charge in [-0.1, -0.05) is 25.7 Å². The number of carbonyl (C=O) groups excluding carboxylic acids is 3. The molecule has 2 aliphatic carbocycles. The molecular formula is C18H34N2O5. The lowest BCUT2D eigenvalue weighted by Crippen LogP contribution is -2.28. The highest BCUT2D eigenvalue weighted by molar-refractivity contribution is 5.71. The van der Waals surface area contributed by atoms with Crippen LogP contribution in [0.25, 0.3) is 0 Å². The number of esters is 2. The van der Waals surface area contributed by atoms with Crippen LogP contribution in [0.5, 0.6) is 0 Å². The van der Waals surface area contributed by atoms with Crippen molar-refractivity contribution in [1.29, 1.82) is 0 Å². The lowest BCUT2D eigenvalue weighted by atomic mass is 10.1. The van der Waals surface area contributed by atoms with Crippen LogP contribution in [0.3, 0.4) is 0 Å². The van der Waals surface area contributed by atoms with Gasteiger partial charge in [0.25, 0.3) is 0 Å². The fourth-order valence-corrected chi connectivity index (χ4v) is 2.84. The van der Waals surface area contributed by atoms with Crippen molar-refractivity contribution in [3.05, 3.63) is 0 Å². The van der Waals surface area contributed by atoms with Gasteiger partial charge in [-0.3, -0.25) is 9.59 Å². The molecule has 2 rings (SSSR count). The molecule has 0 spiro atoms. The Hall–Kier alpha value is -1.47. The second kappa shape index (κ2) is 16.0. The van der Waals surface area contributed by atoms with Crippen LogP contribution in [0.15, 0.2) is 0 Å². The molecule has 2 saturated carbocycles. The van der Waals surface area contributed by atoms with E-state index in [-0.39, 0.29) is 18.5 Å². The minimum Gasteiger partial charge on any atom is -0.468 e. The van der Waals surface area contributed by atoms with Gasteiger partial charge in [0.2, 0.25) is 0 Å². The lowest BCUT2D eigenvalue weighted by Gasteiger charge is -2.08.